The van der Waals surface area contributed by atoms with Crippen LogP contribution in [0.2, 0.25) is 0 Å². The number of H-pyrrole nitrogens is 1. The van der Waals surface area contributed by atoms with Gasteiger partial charge in [-0.25, -0.2) is 9.78 Å². The van der Waals surface area contributed by atoms with Gasteiger partial charge in [0.25, 0.3) is 0 Å². The number of nitrogens with zero attached hydrogens (tertiary/aromatic N) is 1. The average molecular weight is 202 g/mol. The van der Waals surface area contributed by atoms with Crippen molar-refractivity contribution in [3.8, 4) is 0 Å². The third-order valence-corrected chi connectivity index (χ3v) is 2.12. The molecule has 0 aliphatic carbocycles. The van der Waals surface area contributed by atoms with Gasteiger partial charge in [0, 0.05) is 6.20 Å². The number of aromatic amines is 1. The highest BCUT2D eigenvalue weighted by atomic mass is 32.2. The summed E-state index contributed by atoms with van der Waals surface area (Å²) in [6.45, 7) is 0. The van der Waals surface area contributed by atoms with E-state index in [0.29, 0.717) is 5.16 Å². The summed E-state index contributed by atoms with van der Waals surface area (Å²) in [5.74, 6) is -1.06. The van der Waals surface area contributed by atoms with Gasteiger partial charge in [-0.05, 0) is 6.26 Å². The van der Waals surface area contributed by atoms with Gasteiger partial charge < -0.3 is 10.1 Å². The van der Waals surface area contributed by atoms with Crippen molar-refractivity contribution in [1.29, 1.82) is 0 Å². The van der Waals surface area contributed by atoms with E-state index >= 15 is 0 Å². The van der Waals surface area contributed by atoms with Crippen molar-refractivity contribution in [2.45, 2.75) is 5.16 Å². The first-order valence-corrected chi connectivity index (χ1v) is 4.65. The number of thioether (sulfide) groups is 1. The van der Waals surface area contributed by atoms with Crippen LogP contribution in [0.4, 0.5) is 0 Å². The minimum Gasteiger partial charge on any atom is -0.478 e. The Labute approximate surface area is 78.0 Å². The van der Waals surface area contributed by atoms with E-state index in [1.165, 1.54) is 18.0 Å². The second kappa shape index (κ2) is 3.68. The molecule has 0 amide bonds. The molecular formula is C6H6N2O2S2. The maximum atomic E-state index is 10.5. The number of aromatic carboxylic acids is 1. The minimum atomic E-state index is -1.06. The fourth-order valence-corrected chi connectivity index (χ4v) is 1.30. The molecule has 0 unspecified atom stereocenters. The first kappa shape index (κ1) is 9.21. The first-order valence-electron chi connectivity index (χ1n) is 3.01. The lowest BCUT2D eigenvalue weighted by Crippen LogP contribution is -2.00. The maximum Gasteiger partial charge on any atom is 0.340 e. The highest BCUT2D eigenvalue weighted by Crippen LogP contribution is 2.08. The van der Waals surface area contributed by atoms with Gasteiger partial charge >= 0.3 is 5.97 Å². The van der Waals surface area contributed by atoms with Crippen LogP contribution in [0.25, 0.3) is 0 Å². The molecule has 0 saturated carbocycles. The highest BCUT2D eigenvalue weighted by molar-refractivity contribution is 7.98. The molecule has 0 aliphatic heterocycles. The summed E-state index contributed by atoms with van der Waals surface area (Å²) in [5, 5.41) is 9.21. The summed E-state index contributed by atoms with van der Waals surface area (Å²) in [6, 6.07) is 0. The standard InChI is InChI=1S/C6H6N2O2S2/c1-12-6-7-2-3(5(9)10)4(11)8-6/h2H,1H3,(H,9,10)(H,7,8,11). The first-order chi connectivity index (χ1) is 5.65. The van der Waals surface area contributed by atoms with E-state index < -0.39 is 5.97 Å². The zero-order valence-electron chi connectivity index (χ0n) is 6.20. The summed E-state index contributed by atoms with van der Waals surface area (Å²) in [6.07, 6.45) is 3.08. The predicted octanol–water partition coefficient (Wildman–Crippen LogP) is 1.56. The van der Waals surface area contributed by atoms with Crippen molar-refractivity contribution < 1.29 is 9.90 Å². The predicted molar refractivity (Wildman–Crippen MR) is 48.2 cm³/mol. The molecule has 6 heteroatoms. The lowest BCUT2D eigenvalue weighted by Gasteiger charge is -1.96. The van der Waals surface area contributed by atoms with E-state index in [0.717, 1.165) is 0 Å². The van der Waals surface area contributed by atoms with Gasteiger partial charge in [0.1, 0.15) is 10.2 Å². The number of rotatable bonds is 2. The topological polar surface area (TPSA) is 66.0 Å². The molecule has 0 fully saturated rings. The van der Waals surface area contributed by atoms with Crippen molar-refractivity contribution in [3.05, 3.63) is 16.4 Å². The Bertz CT molecular complexity index is 361. The monoisotopic (exact) mass is 202 g/mol. The normalized spacial score (nSPS) is 9.75. The van der Waals surface area contributed by atoms with Crippen molar-refractivity contribution in [2.75, 3.05) is 6.26 Å². The average Bonchev–Trinajstić information content (AvgIpc) is 2.03. The molecule has 0 atom stereocenters. The van der Waals surface area contributed by atoms with Crippen molar-refractivity contribution in [3.63, 3.8) is 0 Å². The number of carboxylic acids is 1. The second-order valence-electron chi connectivity index (χ2n) is 1.94. The number of aromatic nitrogens is 2. The van der Waals surface area contributed by atoms with Crippen LogP contribution in [-0.2, 0) is 0 Å². The van der Waals surface area contributed by atoms with Crippen LogP contribution in [0, 0.1) is 4.64 Å². The fourth-order valence-electron chi connectivity index (χ4n) is 0.635. The molecule has 1 aromatic heterocycles. The van der Waals surface area contributed by atoms with Crippen LogP contribution in [0.1, 0.15) is 10.4 Å². The molecule has 0 aliphatic rings. The molecular weight excluding hydrogens is 196 g/mol. The summed E-state index contributed by atoms with van der Waals surface area (Å²) < 4.78 is 0.210. The SMILES string of the molecule is CSc1ncc(C(=O)O)c(=S)[nH]1. The molecule has 0 spiro atoms. The van der Waals surface area contributed by atoms with Gasteiger partial charge in [0.05, 0.1) is 0 Å². The van der Waals surface area contributed by atoms with E-state index in [4.69, 9.17) is 17.3 Å². The van der Waals surface area contributed by atoms with Gasteiger partial charge in [0.2, 0.25) is 0 Å². The number of carboxylic acid groups (broad SMARTS) is 1. The molecule has 12 heavy (non-hydrogen) atoms. The van der Waals surface area contributed by atoms with Gasteiger partial charge in [-0.15, -0.1) is 0 Å². The largest absolute Gasteiger partial charge is 0.478 e. The van der Waals surface area contributed by atoms with Gasteiger partial charge in [-0.2, -0.15) is 0 Å². The molecule has 2 N–H and O–H groups in total. The van der Waals surface area contributed by atoms with Gasteiger partial charge in [-0.3, -0.25) is 0 Å². The van der Waals surface area contributed by atoms with Gasteiger partial charge in [-0.1, -0.05) is 24.0 Å². The minimum absolute atomic E-state index is 0.0304. The van der Waals surface area contributed by atoms with Crippen LogP contribution in [0.15, 0.2) is 11.4 Å². The molecule has 0 saturated heterocycles. The number of carbonyl (C=O) groups is 1. The third-order valence-electron chi connectivity index (χ3n) is 1.20. The van der Waals surface area contributed by atoms with Crippen LogP contribution >= 0.6 is 24.0 Å². The van der Waals surface area contributed by atoms with E-state index in [1.807, 2.05) is 6.26 Å². The zero-order valence-corrected chi connectivity index (χ0v) is 7.83. The number of hydrogen-bond donors (Lipinski definition) is 2. The smallest absolute Gasteiger partial charge is 0.340 e. The number of nitrogens with one attached hydrogen (secondary N) is 1. The van der Waals surface area contributed by atoms with Gasteiger partial charge in [0.15, 0.2) is 5.16 Å². The van der Waals surface area contributed by atoms with E-state index in [1.54, 1.807) is 0 Å². The van der Waals surface area contributed by atoms with Crippen LogP contribution in [-0.4, -0.2) is 27.3 Å². The van der Waals surface area contributed by atoms with Crippen LogP contribution in [0.3, 0.4) is 0 Å². The summed E-state index contributed by atoms with van der Waals surface area (Å²) in [5.41, 5.74) is 0.0304. The van der Waals surface area contributed by atoms with Crippen molar-refractivity contribution >= 4 is 29.9 Å². The highest BCUT2D eigenvalue weighted by Gasteiger charge is 2.05. The lowest BCUT2D eigenvalue weighted by atomic mass is 10.4. The Balaban J connectivity index is 3.21. The summed E-state index contributed by atoms with van der Waals surface area (Å²) in [4.78, 5) is 17.0. The quantitative estimate of drug-likeness (QED) is 0.433. The Hall–Kier alpha value is -0.880. The molecule has 4 nitrogen and oxygen atoms in total. The maximum absolute atomic E-state index is 10.5. The number of hydrogen-bond acceptors (Lipinski definition) is 4. The zero-order chi connectivity index (χ0) is 9.14. The molecule has 0 bridgehead atoms. The Morgan fingerprint density at radius 2 is 2.50 bits per heavy atom. The lowest BCUT2D eigenvalue weighted by molar-refractivity contribution is 0.0695. The van der Waals surface area contributed by atoms with E-state index in [-0.39, 0.29) is 10.2 Å². The molecule has 0 radical (unpaired) electrons. The second-order valence-corrected chi connectivity index (χ2v) is 3.14. The van der Waals surface area contributed by atoms with Crippen LogP contribution < -0.4 is 0 Å². The molecule has 1 aromatic rings. The molecule has 1 heterocycles. The van der Waals surface area contributed by atoms with Crippen molar-refractivity contribution in [2.24, 2.45) is 0 Å². The Kier molecular flexibility index (Phi) is 2.83. The summed E-state index contributed by atoms with van der Waals surface area (Å²) in [7, 11) is 0. The molecule has 0 aromatic carbocycles. The van der Waals surface area contributed by atoms with E-state index in [9.17, 15) is 4.79 Å². The fraction of sp³-hybridized carbons (Fsp3) is 0.167. The Morgan fingerprint density at radius 3 is 2.92 bits per heavy atom. The van der Waals surface area contributed by atoms with E-state index in [2.05, 4.69) is 9.97 Å². The molecule has 64 valence electrons. The van der Waals surface area contributed by atoms with Crippen molar-refractivity contribution in [1.82, 2.24) is 9.97 Å². The molecule has 1 rings (SSSR count). The van der Waals surface area contributed by atoms with Crippen LogP contribution in [0.5, 0.6) is 0 Å². The Morgan fingerprint density at radius 1 is 1.83 bits per heavy atom. The summed E-state index contributed by atoms with van der Waals surface area (Å²) >= 11 is 6.17. The third kappa shape index (κ3) is 1.83.